The summed E-state index contributed by atoms with van der Waals surface area (Å²) in [6.07, 6.45) is 2.59. The normalized spacial score (nSPS) is 13.9. The van der Waals surface area contributed by atoms with Crippen LogP contribution in [0.4, 0.5) is 0 Å². The van der Waals surface area contributed by atoms with Gasteiger partial charge in [-0.15, -0.1) is 6.58 Å². The fourth-order valence-corrected chi connectivity index (χ4v) is 1.57. The summed E-state index contributed by atoms with van der Waals surface area (Å²) < 4.78 is 0. The lowest BCUT2D eigenvalue weighted by Gasteiger charge is -2.24. The molecule has 0 bridgehead atoms. The van der Waals surface area contributed by atoms with Crippen LogP contribution in [0, 0.1) is 5.92 Å². The summed E-state index contributed by atoms with van der Waals surface area (Å²) >= 11 is 0. The molecule has 0 aromatic heterocycles. The Morgan fingerprint density at radius 2 is 1.94 bits per heavy atom. The Morgan fingerprint density at radius 1 is 1.39 bits per heavy atom. The van der Waals surface area contributed by atoms with Gasteiger partial charge in [0, 0.05) is 14.1 Å². The van der Waals surface area contributed by atoms with Crippen LogP contribution in [0.3, 0.4) is 0 Å². The summed E-state index contributed by atoms with van der Waals surface area (Å²) in [5.74, 6) is -0.103. The second kappa shape index (κ2) is 7.87. The minimum atomic E-state index is -0.646. The van der Waals surface area contributed by atoms with E-state index in [4.69, 9.17) is 5.73 Å². The van der Waals surface area contributed by atoms with Crippen molar-refractivity contribution in [2.75, 3.05) is 14.1 Å². The Morgan fingerprint density at radius 3 is 2.33 bits per heavy atom. The lowest BCUT2D eigenvalue weighted by molar-refractivity contribution is -0.135. The second-order valence-corrected chi connectivity index (χ2v) is 5.05. The number of carbonyl (C=O) groups excluding carboxylic acids is 2. The van der Waals surface area contributed by atoms with Crippen LogP contribution in [-0.4, -0.2) is 42.9 Å². The molecule has 2 amide bonds. The summed E-state index contributed by atoms with van der Waals surface area (Å²) in [5, 5.41) is 2.71. The first kappa shape index (κ1) is 16.6. The zero-order valence-corrected chi connectivity index (χ0v) is 11.8. The van der Waals surface area contributed by atoms with Gasteiger partial charge in [-0.2, -0.15) is 0 Å². The molecule has 2 unspecified atom stereocenters. The van der Waals surface area contributed by atoms with Gasteiger partial charge in [0.1, 0.15) is 6.04 Å². The summed E-state index contributed by atoms with van der Waals surface area (Å²) in [5.41, 5.74) is 5.67. The Labute approximate surface area is 109 Å². The predicted molar refractivity (Wildman–Crippen MR) is 72.9 cm³/mol. The minimum absolute atomic E-state index is 0.108. The van der Waals surface area contributed by atoms with E-state index in [0.29, 0.717) is 18.8 Å². The van der Waals surface area contributed by atoms with Gasteiger partial charge < -0.3 is 16.0 Å². The SMILES string of the molecule is C=CCC(N)C(=O)NC(CC(C)C)C(=O)N(C)C. The molecule has 0 radical (unpaired) electrons. The highest BCUT2D eigenvalue weighted by Gasteiger charge is 2.25. The van der Waals surface area contributed by atoms with Crippen LogP contribution in [-0.2, 0) is 9.59 Å². The Kier molecular flexibility index (Phi) is 7.27. The van der Waals surface area contributed by atoms with Gasteiger partial charge in [-0.05, 0) is 18.8 Å². The quantitative estimate of drug-likeness (QED) is 0.651. The molecule has 0 aliphatic carbocycles. The third-order valence-electron chi connectivity index (χ3n) is 2.52. The zero-order chi connectivity index (χ0) is 14.3. The van der Waals surface area contributed by atoms with E-state index in [2.05, 4.69) is 11.9 Å². The largest absolute Gasteiger partial charge is 0.347 e. The van der Waals surface area contributed by atoms with E-state index >= 15 is 0 Å². The van der Waals surface area contributed by atoms with Gasteiger partial charge in [0.2, 0.25) is 11.8 Å². The van der Waals surface area contributed by atoms with Crippen LogP contribution < -0.4 is 11.1 Å². The van der Waals surface area contributed by atoms with Crippen molar-refractivity contribution in [1.82, 2.24) is 10.2 Å². The van der Waals surface area contributed by atoms with E-state index < -0.39 is 12.1 Å². The molecule has 104 valence electrons. The number of rotatable bonds is 7. The Hall–Kier alpha value is -1.36. The first-order valence-corrected chi connectivity index (χ1v) is 6.17. The summed E-state index contributed by atoms with van der Waals surface area (Å²) in [6, 6.07) is -1.16. The Bertz CT molecular complexity index is 301. The molecule has 5 heteroatoms. The molecule has 0 fully saturated rings. The van der Waals surface area contributed by atoms with Crippen molar-refractivity contribution in [2.24, 2.45) is 11.7 Å². The van der Waals surface area contributed by atoms with Gasteiger partial charge in [-0.3, -0.25) is 9.59 Å². The topological polar surface area (TPSA) is 75.4 Å². The molecule has 0 saturated carbocycles. The average molecular weight is 255 g/mol. The highest BCUT2D eigenvalue weighted by atomic mass is 16.2. The molecule has 5 nitrogen and oxygen atoms in total. The second-order valence-electron chi connectivity index (χ2n) is 5.05. The lowest BCUT2D eigenvalue weighted by atomic mass is 10.0. The third kappa shape index (κ3) is 5.82. The molecule has 0 saturated heterocycles. The number of amides is 2. The fourth-order valence-electron chi connectivity index (χ4n) is 1.57. The van der Waals surface area contributed by atoms with E-state index in [1.54, 1.807) is 20.2 Å². The highest BCUT2D eigenvalue weighted by Crippen LogP contribution is 2.07. The Balaban J connectivity index is 4.63. The predicted octanol–water partition coefficient (Wildman–Crippen LogP) is 0.509. The van der Waals surface area contributed by atoms with Crippen molar-refractivity contribution in [3.05, 3.63) is 12.7 Å². The minimum Gasteiger partial charge on any atom is -0.347 e. The van der Waals surface area contributed by atoms with Crippen molar-refractivity contribution in [3.8, 4) is 0 Å². The van der Waals surface area contributed by atoms with Crippen LogP contribution in [0.25, 0.3) is 0 Å². The molecular formula is C13H25N3O2. The van der Waals surface area contributed by atoms with Gasteiger partial charge in [-0.1, -0.05) is 19.9 Å². The molecule has 0 spiro atoms. The highest BCUT2D eigenvalue weighted by molar-refractivity contribution is 5.89. The molecule has 3 N–H and O–H groups in total. The van der Waals surface area contributed by atoms with Crippen LogP contribution in [0.15, 0.2) is 12.7 Å². The maximum atomic E-state index is 11.9. The first-order chi connectivity index (χ1) is 8.29. The maximum absolute atomic E-state index is 11.9. The van der Waals surface area contributed by atoms with E-state index in [-0.39, 0.29) is 11.8 Å². The maximum Gasteiger partial charge on any atom is 0.244 e. The molecular weight excluding hydrogens is 230 g/mol. The molecule has 0 heterocycles. The standard InChI is InChI=1S/C13H25N3O2/c1-6-7-10(14)12(17)15-11(8-9(2)3)13(18)16(4)5/h6,9-11H,1,7-8,14H2,2-5H3,(H,15,17). The van der Waals surface area contributed by atoms with Gasteiger partial charge in [0.15, 0.2) is 0 Å². The molecule has 0 aliphatic heterocycles. The first-order valence-electron chi connectivity index (χ1n) is 6.17. The number of likely N-dealkylation sites (N-methyl/N-ethyl adjacent to an activating group) is 1. The summed E-state index contributed by atoms with van der Waals surface area (Å²) in [4.78, 5) is 25.2. The van der Waals surface area contributed by atoms with Crippen LogP contribution in [0.5, 0.6) is 0 Å². The number of nitrogens with one attached hydrogen (secondary N) is 1. The number of carbonyl (C=O) groups is 2. The zero-order valence-electron chi connectivity index (χ0n) is 11.8. The molecule has 0 aliphatic rings. The molecule has 0 rings (SSSR count). The van der Waals surface area contributed by atoms with Crippen LogP contribution in [0.1, 0.15) is 26.7 Å². The van der Waals surface area contributed by atoms with Crippen molar-refractivity contribution in [2.45, 2.75) is 38.8 Å². The lowest BCUT2D eigenvalue weighted by Crippen LogP contribution is -2.51. The van der Waals surface area contributed by atoms with Crippen molar-refractivity contribution >= 4 is 11.8 Å². The number of nitrogens with two attached hydrogens (primary N) is 1. The molecule has 0 aromatic carbocycles. The van der Waals surface area contributed by atoms with Crippen molar-refractivity contribution in [1.29, 1.82) is 0 Å². The van der Waals surface area contributed by atoms with E-state index in [9.17, 15) is 9.59 Å². The van der Waals surface area contributed by atoms with Gasteiger partial charge >= 0.3 is 0 Å². The molecule has 0 aromatic rings. The van der Waals surface area contributed by atoms with Crippen LogP contribution in [0.2, 0.25) is 0 Å². The average Bonchev–Trinajstić information content (AvgIpc) is 2.26. The van der Waals surface area contributed by atoms with E-state index in [0.717, 1.165) is 0 Å². The summed E-state index contributed by atoms with van der Waals surface area (Å²) in [7, 11) is 3.34. The molecule has 2 atom stereocenters. The van der Waals surface area contributed by atoms with Crippen molar-refractivity contribution in [3.63, 3.8) is 0 Å². The van der Waals surface area contributed by atoms with E-state index in [1.807, 2.05) is 13.8 Å². The molecule has 18 heavy (non-hydrogen) atoms. The van der Waals surface area contributed by atoms with Crippen LogP contribution >= 0.6 is 0 Å². The number of hydrogen-bond donors (Lipinski definition) is 2. The third-order valence-corrected chi connectivity index (χ3v) is 2.52. The fraction of sp³-hybridized carbons (Fsp3) is 0.692. The van der Waals surface area contributed by atoms with Gasteiger partial charge in [-0.25, -0.2) is 0 Å². The summed E-state index contributed by atoms with van der Waals surface area (Å²) in [6.45, 7) is 7.55. The number of nitrogens with zero attached hydrogens (tertiary/aromatic N) is 1. The van der Waals surface area contributed by atoms with E-state index in [1.165, 1.54) is 4.90 Å². The van der Waals surface area contributed by atoms with Crippen molar-refractivity contribution < 1.29 is 9.59 Å². The number of hydrogen-bond acceptors (Lipinski definition) is 3. The smallest absolute Gasteiger partial charge is 0.244 e. The van der Waals surface area contributed by atoms with Gasteiger partial charge in [0.05, 0.1) is 6.04 Å². The van der Waals surface area contributed by atoms with Gasteiger partial charge in [0.25, 0.3) is 0 Å². The monoisotopic (exact) mass is 255 g/mol.